The first-order valence-electron chi connectivity index (χ1n) is 28.3. The number of imidazole rings is 6. The second-order valence-electron chi connectivity index (χ2n) is 20.7. The van der Waals surface area contributed by atoms with E-state index in [1.165, 1.54) is 24.3 Å². The molecule has 7 heterocycles. The third-order valence-electron chi connectivity index (χ3n) is 14.1. The smallest absolute Gasteiger partial charge is 0.285 e. The van der Waals surface area contributed by atoms with Crippen LogP contribution in [-0.4, -0.2) is 69.9 Å². The SMILES string of the molecule is CC(C)[n+]1cc[nH]c1.CC(C)n1ccnc1.CCC(CC(C)n1ccnc1)[n+]1cc[nH]c1.CS(=O)c1ccc(-c2[nH]c(-c3ccc(F)cc3)c(-c3ccccc3)[nH+]2)cc1.CS(=O)c1ccc(-c2nc(-c3ccc(F)cc3)c(-c3ccncc3)[nH]2)cc1. The average Bonchev–Trinajstić information content (AvgIpc) is 4.07. The molecule has 0 saturated carbocycles. The Morgan fingerprint density at radius 1 is 0.558 bits per heavy atom. The Bertz CT molecular complexity index is 3690. The summed E-state index contributed by atoms with van der Waals surface area (Å²) in [5, 5.41) is 0. The number of aromatic amines is 5. The first-order valence-corrected chi connectivity index (χ1v) is 31.4. The highest BCUT2D eigenvalue weighted by atomic mass is 32.2. The van der Waals surface area contributed by atoms with E-state index in [0.29, 0.717) is 30.0 Å². The van der Waals surface area contributed by atoms with Crippen LogP contribution >= 0.6 is 0 Å². The molecule has 0 bridgehead atoms. The second-order valence-corrected chi connectivity index (χ2v) is 23.5. The van der Waals surface area contributed by atoms with E-state index < -0.39 is 21.6 Å². The van der Waals surface area contributed by atoms with Crippen LogP contribution in [-0.2, 0) is 21.6 Å². The molecule has 0 saturated heterocycles. The van der Waals surface area contributed by atoms with Crippen molar-refractivity contribution in [3.8, 4) is 67.8 Å². The molecule has 12 aromatic rings. The second kappa shape index (κ2) is 31.0. The van der Waals surface area contributed by atoms with Crippen molar-refractivity contribution in [2.24, 2.45) is 0 Å². The zero-order valence-electron chi connectivity index (χ0n) is 49.6. The van der Waals surface area contributed by atoms with Gasteiger partial charge in [-0.2, -0.15) is 0 Å². The van der Waals surface area contributed by atoms with Crippen LogP contribution in [0, 0.1) is 11.6 Å². The summed E-state index contributed by atoms with van der Waals surface area (Å²) >= 11 is 0. The Morgan fingerprint density at radius 3 is 1.56 bits per heavy atom. The van der Waals surface area contributed by atoms with E-state index >= 15 is 0 Å². The van der Waals surface area contributed by atoms with E-state index in [2.05, 4.69) is 106 Å². The number of pyridine rings is 1. The molecule has 19 heteroatoms. The summed E-state index contributed by atoms with van der Waals surface area (Å²) in [6.45, 7) is 13.0. The zero-order valence-corrected chi connectivity index (χ0v) is 51.2. The van der Waals surface area contributed by atoms with Crippen LogP contribution in [0.1, 0.15) is 78.6 Å². The number of aromatic nitrogens is 13. The Kier molecular flexibility index (Phi) is 22.6. The van der Waals surface area contributed by atoms with E-state index in [1.54, 1.807) is 55.4 Å². The molecule has 15 nitrogen and oxygen atoms in total. The van der Waals surface area contributed by atoms with Crippen molar-refractivity contribution in [2.75, 3.05) is 12.5 Å². The van der Waals surface area contributed by atoms with Crippen molar-refractivity contribution in [1.29, 1.82) is 0 Å². The highest BCUT2D eigenvalue weighted by Crippen LogP contribution is 2.34. The molecule has 7 aromatic heterocycles. The first kappa shape index (κ1) is 62.7. The number of nitrogens with one attached hydrogen (secondary N) is 5. The van der Waals surface area contributed by atoms with Gasteiger partial charge in [0, 0.05) is 127 Å². The first-order chi connectivity index (χ1) is 41.6. The van der Waals surface area contributed by atoms with Crippen LogP contribution in [0.4, 0.5) is 8.78 Å². The van der Waals surface area contributed by atoms with Crippen molar-refractivity contribution in [2.45, 2.75) is 88.3 Å². The third kappa shape index (κ3) is 17.4. The monoisotopic (exact) mass is 1190 g/mol. The largest absolute Gasteiger partial charge is 0.337 e. The number of halogens is 2. The molecule has 0 aliphatic heterocycles. The standard InChI is InChI=1S/C22H17FN2OS.C21H16FN3OS.C12H18N4.2C6H10N2/c1-27(26)19-13-9-17(10-14-19)22-24-20(15-5-3-2-4-6-15)21(25-22)16-7-11-18(23)12-8-16;1-27(26)18-8-4-16(5-9-18)21-24-19(14-2-6-17(22)7-3-14)20(25-21)15-10-12-23-13-11-15;1-3-12(16-7-5-14-10-16)8-11(2)15-6-4-13-9-15;2*1-6(2)8-4-3-7-5-8/h2-14H,1H3,(H,24,25);2-13H,1H3,(H,24,25);4-7,9-12H,3,8H2,1-2H3;2*3-6H,1-2H3/p+3. The van der Waals surface area contributed by atoms with E-state index in [1.807, 2.05) is 153 Å². The lowest BCUT2D eigenvalue weighted by Gasteiger charge is -2.18. The summed E-state index contributed by atoms with van der Waals surface area (Å²) in [6.07, 6.45) is 32.3. The minimum absolute atomic E-state index is 0.265. The van der Waals surface area contributed by atoms with Gasteiger partial charge in [0.15, 0.2) is 11.4 Å². The normalized spacial score (nSPS) is 12.3. The van der Waals surface area contributed by atoms with Crippen molar-refractivity contribution >= 4 is 21.6 Å². The van der Waals surface area contributed by atoms with Gasteiger partial charge in [-0.25, -0.2) is 42.8 Å². The Hall–Kier alpha value is -9.33. The highest BCUT2D eigenvalue weighted by molar-refractivity contribution is 7.84. The van der Waals surface area contributed by atoms with Gasteiger partial charge in [0.05, 0.1) is 35.6 Å². The topological polar surface area (TPSA) is 181 Å². The molecule has 0 radical (unpaired) electrons. The van der Waals surface area contributed by atoms with Gasteiger partial charge in [0.1, 0.15) is 48.3 Å². The van der Waals surface area contributed by atoms with Gasteiger partial charge in [-0.15, -0.1) is 0 Å². The maximum atomic E-state index is 13.4. The van der Waals surface area contributed by atoms with Gasteiger partial charge >= 0.3 is 0 Å². The summed E-state index contributed by atoms with van der Waals surface area (Å²) in [4.78, 5) is 34.7. The molecular formula is C67H74F2N13O2S2+3. The molecule has 0 amide bonds. The molecule has 4 unspecified atom stereocenters. The number of nitrogens with zero attached hydrogens (tertiary/aromatic N) is 8. The predicted octanol–water partition coefficient (Wildman–Crippen LogP) is 13.8. The molecule has 0 fully saturated rings. The summed E-state index contributed by atoms with van der Waals surface area (Å²) in [5.41, 5.74) is 8.91. The Labute approximate surface area is 506 Å². The number of hydrogen-bond acceptors (Lipinski definition) is 6. The molecule has 442 valence electrons. The molecule has 4 atom stereocenters. The van der Waals surface area contributed by atoms with E-state index in [4.69, 9.17) is 4.98 Å². The quantitative estimate of drug-likeness (QED) is 0.0741. The van der Waals surface area contributed by atoms with Gasteiger partial charge in [0.25, 0.3) is 5.82 Å². The summed E-state index contributed by atoms with van der Waals surface area (Å²) < 4.78 is 58.5. The van der Waals surface area contributed by atoms with Gasteiger partial charge in [-0.3, -0.25) is 23.4 Å². The number of rotatable bonds is 15. The fraction of sp³-hybridized carbons (Fsp3) is 0.209. The summed E-state index contributed by atoms with van der Waals surface area (Å²) in [7, 11) is -2.04. The van der Waals surface area contributed by atoms with E-state index in [-0.39, 0.29) is 11.6 Å². The summed E-state index contributed by atoms with van der Waals surface area (Å²) in [5.74, 6) is 0.971. The molecule has 86 heavy (non-hydrogen) atoms. The van der Waals surface area contributed by atoms with Crippen molar-refractivity contribution in [3.05, 3.63) is 238 Å². The van der Waals surface area contributed by atoms with Gasteiger partial charge in [0.2, 0.25) is 12.7 Å². The molecular weight excluding hydrogens is 1120 g/mol. The van der Waals surface area contributed by atoms with E-state index in [0.717, 1.165) is 84.6 Å². The maximum absolute atomic E-state index is 13.4. The molecule has 5 N–H and O–H groups in total. The van der Waals surface area contributed by atoms with Crippen LogP contribution in [0.3, 0.4) is 0 Å². The average molecular weight is 1200 g/mol. The molecule has 0 aliphatic rings. The van der Waals surface area contributed by atoms with Crippen LogP contribution in [0.5, 0.6) is 0 Å². The number of benzene rings is 5. The molecule has 0 spiro atoms. The summed E-state index contributed by atoms with van der Waals surface area (Å²) in [6, 6.07) is 43.6. The lowest BCUT2D eigenvalue weighted by molar-refractivity contribution is -0.723. The fourth-order valence-electron chi connectivity index (χ4n) is 9.15. The van der Waals surface area contributed by atoms with Crippen LogP contribution < -0.4 is 14.1 Å². The van der Waals surface area contributed by atoms with Crippen molar-refractivity contribution in [3.63, 3.8) is 0 Å². The molecule has 0 aliphatic carbocycles. The zero-order chi connectivity index (χ0) is 61.0. The van der Waals surface area contributed by atoms with Crippen molar-refractivity contribution in [1.82, 2.24) is 49.0 Å². The van der Waals surface area contributed by atoms with Gasteiger partial charge in [-0.05, 0) is 138 Å². The predicted molar refractivity (Wildman–Crippen MR) is 337 cm³/mol. The van der Waals surface area contributed by atoms with Gasteiger partial charge in [-0.1, -0.05) is 49.4 Å². The lowest BCUT2D eigenvalue weighted by atomic mass is 10.1. The van der Waals surface area contributed by atoms with Crippen LogP contribution in [0.15, 0.2) is 237 Å². The number of H-pyrrole nitrogens is 5. The van der Waals surface area contributed by atoms with E-state index in [9.17, 15) is 17.2 Å². The minimum Gasteiger partial charge on any atom is -0.337 e. The molecule has 12 rings (SSSR count). The van der Waals surface area contributed by atoms with Gasteiger partial charge < -0.3 is 14.1 Å². The fourth-order valence-corrected chi connectivity index (χ4v) is 10.2. The maximum Gasteiger partial charge on any atom is 0.285 e. The lowest BCUT2D eigenvalue weighted by Crippen LogP contribution is -2.37. The highest BCUT2D eigenvalue weighted by Gasteiger charge is 2.23. The van der Waals surface area contributed by atoms with Crippen LogP contribution in [0.2, 0.25) is 0 Å². The number of hydrogen-bond donors (Lipinski definition) is 4. The third-order valence-corrected chi connectivity index (χ3v) is 15.9. The van der Waals surface area contributed by atoms with Crippen molar-refractivity contribution < 1.29 is 31.3 Å². The molecule has 5 aromatic carbocycles. The Morgan fingerprint density at radius 2 is 1.08 bits per heavy atom. The Balaban J connectivity index is 0.000000151. The minimum atomic E-state index is -1.03. The van der Waals surface area contributed by atoms with Crippen LogP contribution in [0.25, 0.3) is 67.8 Å².